The molecular formula is C36H45N6O10P. The number of hydrogen-bond acceptors (Lipinski definition) is 14. The van der Waals surface area contributed by atoms with E-state index in [4.69, 9.17) is 33.7 Å². The van der Waals surface area contributed by atoms with Crippen LogP contribution in [0.5, 0.6) is 5.75 Å². The van der Waals surface area contributed by atoms with Crippen LogP contribution < -0.4 is 15.3 Å². The molecule has 3 aromatic rings. The van der Waals surface area contributed by atoms with Crippen LogP contribution in [0.15, 0.2) is 42.7 Å². The fourth-order valence-electron chi connectivity index (χ4n) is 6.00. The molecule has 0 bridgehead atoms. The number of anilines is 1. The van der Waals surface area contributed by atoms with E-state index in [-0.39, 0.29) is 23.4 Å². The van der Waals surface area contributed by atoms with Crippen molar-refractivity contribution in [2.45, 2.75) is 109 Å². The van der Waals surface area contributed by atoms with Crippen molar-refractivity contribution in [2.24, 2.45) is 11.8 Å². The van der Waals surface area contributed by atoms with Gasteiger partial charge >= 0.3 is 25.7 Å². The average molecular weight is 753 g/mol. The zero-order valence-corrected chi connectivity index (χ0v) is 31.2. The van der Waals surface area contributed by atoms with Gasteiger partial charge in [0, 0.05) is 0 Å². The summed E-state index contributed by atoms with van der Waals surface area (Å²) >= 11 is 0. The van der Waals surface area contributed by atoms with E-state index in [1.165, 1.54) is 23.8 Å². The van der Waals surface area contributed by atoms with Gasteiger partial charge in [0.05, 0.1) is 24.1 Å². The molecule has 3 N–H and O–H groups in total. The van der Waals surface area contributed by atoms with Crippen LogP contribution in [0.4, 0.5) is 5.82 Å². The first-order valence-corrected chi connectivity index (χ1v) is 19.4. The van der Waals surface area contributed by atoms with E-state index >= 15 is 0 Å². The van der Waals surface area contributed by atoms with Gasteiger partial charge in [0.25, 0.3) is 0 Å². The Morgan fingerprint density at radius 1 is 1.00 bits per heavy atom. The number of ether oxygens (including phenoxy) is 4. The molecule has 16 nitrogen and oxygen atoms in total. The number of nitrogens with zero attached hydrogens (tertiary/aromatic N) is 4. The smallest absolute Gasteiger partial charge is 0.459 e. The second-order valence-corrected chi connectivity index (χ2v) is 16.0. The highest BCUT2D eigenvalue weighted by Gasteiger charge is 2.63. The molecule has 3 fully saturated rings. The second kappa shape index (κ2) is 15.4. The average Bonchev–Trinajstić information content (AvgIpc) is 3.79. The molecule has 0 amide bonds. The number of esters is 3. The Kier molecular flexibility index (Phi) is 11.1. The van der Waals surface area contributed by atoms with Crippen LogP contribution in [0.3, 0.4) is 0 Å². The van der Waals surface area contributed by atoms with Gasteiger partial charge in [-0.2, -0.15) is 15.4 Å². The lowest BCUT2D eigenvalue weighted by atomic mass is 9.92. The van der Waals surface area contributed by atoms with Crippen LogP contribution in [0, 0.1) is 23.2 Å². The van der Waals surface area contributed by atoms with E-state index in [0.717, 1.165) is 37.7 Å². The number of aromatic nitrogens is 3. The van der Waals surface area contributed by atoms with Crippen molar-refractivity contribution in [1.29, 1.82) is 5.26 Å². The molecular weight excluding hydrogens is 707 g/mol. The number of rotatable bonds is 15. The predicted molar refractivity (Wildman–Crippen MR) is 188 cm³/mol. The van der Waals surface area contributed by atoms with Crippen LogP contribution in [0.1, 0.15) is 83.9 Å². The van der Waals surface area contributed by atoms with Gasteiger partial charge in [0.15, 0.2) is 18.0 Å². The number of carbonyl (C=O) groups is 3. The fraction of sp³-hybridized carbons (Fsp3) is 0.556. The Hall–Kier alpha value is -4.55. The minimum atomic E-state index is -4.46. The third kappa shape index (κ3) is 8.18. The molecule has 6 atom stereocenters. The van der Waals surface area contributed by atoms with Crippen molar-refractivity contribution in [3.8, 4) is 11.8 Å². The number of nitrogens with one attached hydrogen (secondary N) is 1. The van der Waals surface area contributed by atoms with Gasteiger partial charge < -0.3 is 29.2 Å². The molecule has 1 saturated heterocycles. The van der Waals surface area contributed by atoms with Crippen molar-refractivity contribution < 1.29 is 46.9 Å². The van der Waals surface area contributed by atoms with E-state index < -0.39 is 74.1 Å². The predicted octanol–water partition coefficient (Wildman–Crippen LogP) is 4.72. The lowest BCUT2D eigenvalue weighted by Gasteiger charge is -2.29. The van der Waals surface area contributed by atoms with Gasteiger partial charge in [-0.1, -0.05) is 39.8 Å². The molecule has 3 heterocycles. The highest BCUT2D eigenvalue weighted by molar-refractivity contribution is 7.52. The standard InChI is InChI=1S/C36H45N6O10P/c1-20(2)33(43)49-30-28(51-36(18-37,31(30)50-34(44)21(3)4)29-16-15-27-32(38)39-19-40-42(27)29)17-47-53(46,41-22(5)35(45)48-25-7-6-8-25)52-26-13-11-24(12-14-26)23-9-10-23/h11-16,19-23,25,28,30-31H,6-10,17H2,1-5H3,(H,41,46)(H2,38,39,40)/t22-,28+,30+,31+,36-,53?/m0/s1. The molecule has 3 aliphatic rings. The van der Waals surface area contributed by atoms with Crippen LogP contribution in [-0.2, 0) is 48.0 Å². The molecule has 2 aliphatic carbocycles. The van der Waals surface area contributed by atoms with Crippen molar-refractivity contribution >= 4 is 37.0 Å². The summed E-state index contributed by atoms with van der Waals surface area (Å²) in [5.41, 5.74) is 5.49. The van der Waals surface area contributed by atoms with E-state index in [1.807, 2.05) is 12.1 Å². The highest BCUT2D eigenvalue weighted by atomic mass is 31.2. The van der Waals surface area contributed by atoms with E-state index in [9.17, 15) is 24.2 Å². The number of benzene rings is 1. The molecule has 2 aromatic heterocycles. The first-order chi connectivity index (χ1) is 25.2. The topological polar surface area (TPSA) is 216 Å². The quantitative estimate of drug-likeness (QED) is 0.122. The Labute approximate surface area is 307 Å². The van der Waals surface area contributed by atoms with E-state index in [2.05, 4.69) is 21.2 Å². The van der Waals surface area contributed by atoms with E-state index in [0.29, 0.717) is 11.4 Å². The van der Waals surface area contributed by atoms with Gasteiger partial charge in [-0.15, -0.1) is 0 Å². The summed E-state index contributed by atoms with van der Waals surface area (Å²) in [7, 11) is -4.46. The first kappa shape index (κ1) is 38.2. The summed E-state index contributed by atoms with van der Waals surface area (Å²) < 4.78 is 51.7. The molecule has 53 heavy (non-hydrogen) atoms. The summed E-state index contributed by atoms with van der Waals surface area (Å²) in [6.45, 7) is 7.29. The largest absolute Gasteiger partial charge is 0.461 e. The van der Waals surface area contributed by atoms with E-state index in [1.54, 1.807) is 45.9 Å². The fourth-order valence-corrected chi connectivity index (χ4v) is 7.50. The second-order valence-electron chi connectivity index (χ2n) is 14.3. The maximum Gasteiger partial charge on any atom is 0.459 e. The summed E-state index contributed by atoms with van der Waals surface area (Å²) in [5, 5.41) is 17.8. The Bertz CT molecular complexity index is 1920. The number of carbonyl (C=O) groups excluding carboxylic acids is 3. The molecule has 17 heteroatoms. The molecule has 1 aliphatic heterocycles. The molecule has 284 valence electrons. The number of nitrogen functional groups attached to an aromatic ring is 1. The Balaban J connectivity index is 1.35. The molecule has 2 saturated carbocycles. The summed E-state index contributed by atoms with van der Waals surface area (Å²) in [4.78, 5) is 43.4. The highest BCUT2D eigenvalue weighted by Crippen LogP contribution is 2.49. The van der Waals surface area contributed by atoms with Crippen molar-refractivity contribution in [2.75, 3.05) is 12.3 Å². The van der Waals surface area contributed by atoms with Crippen LogP contribution in [-0.4, -0.2) is 69.6 Å². The monoisotopic (exact) mass is 752 g/mol. The first-order valence-electron chi connectivity index (χ1n) is 17.8. The number of nitriles is 1. The number of fused-ring (bicyclic) bond motifs is 1. The summed E-state index contributed by atoms with van der Waals surface area (Å²) in [5.74, 6) is -2.53. The van der Waals surface area contributed by atoms with Gasteiger partial charge in [-0.25, -0.2) is 14.1 Å². The lowest BCUT2D eigenvalue weighted by molar-refractivity contribution is -0.173. The van der Waals surface area contributed by atoms with Crippen molar-refractivity contribution in [3.05, 3.63) is 54.0 Å². The number of nitrogens with two attached hydrogens (primary N) is 1. The molecule has 0 spiro atoms. The molecule has 6 rings (SSSR count). The molecule has 1 unspecified atom stereocenters. The van der Waals surface area contributed by atoms with Crippen LogP contribution in [0.2, 0.25) is 0 Å². The van der Waals surface area contributed by atoms with Crippen LogP contribution in [0.25, 0.3) is 5.52 Å². The minimum absolute atomic E-state index is 0.0967. The van der Waals surface area contributed by atoms with Gasteiger partial charge in [0.1, 0.15) is 41.9 Å². The van der Waals surface area contributed by atoms with Crippen molar-refractivity contribution in [3.63, 3.8) is 0 Å². The third-order valence-electron chi connectivity index (χ3n) is 9.47. The molecule has 0 radical (unpaired) electrons. The van der Waals surface area contributed by atoms with Crippen molar-refractivity contribution in [1.82, 2.24) is 19.7 Å². The third-order valence-corrected chi connectivity index (χ3v) is 11.1. The summed E-state index contributed by atoms with van der Waals surface area (Å²) in [6, 6.07) is 11.2. The summed E-state index contributed by atoms with van der Waals surface area (Å²) in [6.07, 6.45) is 1.18. The zero-order valence-electron chi connectivity index (χ0n) is 30.3. The maximum absolute atomic E-state index is 14.6. The Morgan fingerprint density at radius 2 is 1.68 bits per heavy atom. The van der Waals surface area contributed by atoms with Gasteiger partial charge in [-0.3, -0.25) is 18.9 Å². The minimum Gasteiger partial charge on any atom is -0.461 e. The van der Waals surface area contributed by atoms with Crippen LogP contribution >= 0.6 is 7.75 Å². The zero-order chi connectivity index (χ0) is 38.1. The van der Waals surface area contributed by atoms with Gasteiger partial charge in [0.2, 0.25) is 5.60 Å². The SMILES string of the molecule is CC(C)C(=O)O[C@H]1[C@@H](OC(=O)C(C)C)[C@](C#N)(c2ccc3c(N)ncnn23)O[C@@H]1COP(=O)(N[C@@H](C)C(=O)OC1CCC1)Oc1ccc(C2CC2)cc1. The lowest BCUT2D eigenvalue weighted by Crippen LogP contribution is -2.47. The normalized spacial score (nSPS) is 24.6. The van der Waals surface area contributed by atoms with Gasteiger partial charge in [-0.05, 0) is 74.8 Å². The maximum atomic E-state index is 14.6. The Morgan fingerprint density at radius 3 is 2.28 bits per heavy atom. The number of hydrogen-bond donors (Lipinski definition) is 2. The molecule has 1 aromatic carbocycles.